The summed E-state index contributed by atoms with van der Waals surface area (Å²) in [4.78, 5) is 24.7. The lowest BCUT2D eigenvalue weighted by Crippen LogP contribution is -2.41. The number of carbonyl (C=O) groups excluding carboxylic acids is 2. The average Bonchev–Trinajstić information content (AvgIpc) is 2.76. The molecule has 0 saturated carbocycles. The molecule has 0 saturated heterocycles. The van der Waals surface area contributed by atoms with Gasteiger partial charge in [-0.15, -0.1) is 0 Å². The third-order valence-corrected chi connectivity index (χ3v) is 5.82. The van der Waals surface area contributed by atoms with Crippen LogP contribution in [0.1, 0.15) is 27.0 Å². The summed E-state index contributed by atoms with van der Waals surface area (Å²) >= 11 is 18.7. The van der Waals surface area contributed by atoms with Gasteiger partial charge in [-0.05, 0) is 41.5 Å². The molecule has 0 unspecified atom stereocenters. The lowest BCUT2D eigenvalue weighted by atomic mass is 9.98. The Bertz CT molecular complexity index is 1220. The van der Waals surface area contributed by atoms with Gasteiger partial charge in [-0.3, -0.25) is 4.79 Å². The first-order valence-electron chi connectivity index (χ1n) is 9.54. The molecule has 0 radical (unpaired) electrons. The van der Waals surface area contributed by atoms with E-state index in [0.29, 0.717) is 44.8 Å². The predicted octanol–water partition coefficient (Wildman–Crippen LogP) is 5.69. The van der Waals surface area contributed by atoms with Crippen LogP contribution in [-0.2, 0) is 6.42 Å². The molecule has 3 aromatic rings. The van der Waals surface area contributed by atoms with Gasteiger partial charge in [0.25, 0.3) is 0 Å². The largest absolute Gasteiger partial charge is 0.507 e. The summed E-state index contributed by atoms with van der Waals surface area (Å²) in [5.41, 5.74) is 2.63. The summed E-state index contributed by atoms with van der Waals surface area (Å²) in [7, 11) is 0. The molecule has 1 heterocycles. The maximum absolute atomic E-state index is 12.7. The van der Waals surface area contributed by atoms with Crippen molar-refractivity contribution in [1.82, 2.24) is 5.32 Å². The molecule has 0 fully saturated rings. The van der Waals surface area contributed by atoms with Gasteiger partial charge in [-0.1, -0.05) is 59.1 Å². The van der Waals surface area contributed by atoms with Crippen molar-refractivity contribution in [2.75, 3.05) is 11.6 Å². The number of carbonyl (C=O) groups is 2. The Morgan fingerprint density at radius 2 is 1.72 bits per heavy atom. The number of hydrogen-bond acceptors (Lipinski definition) is 4. The Morgan fingerprint density at radius 3 is 2.34 bits per heavy atom. The van der Waals surface area contributed by atoms with Crippen LogP contribution < -0.4 is 10.3 Å². The highest BCUT2D eigenvalue weighted by molar-refractivity contribution is 6.36. The van der Waals surface area contributed by atoms with Gasteiger partial charge in [-0.25, -0.2) is 4.79 Å². The highest BCUT2D eigenvalue weighted by atomic mass is 35.5. The van der Waals surface area contributed by atoms with E-state index in [4.69, 9.17) is 34.8 Å². The molecule has 0 aliphatic carbocycles. The molecule has 4 rings (SSSR count). The number of amides is 2. The quantitative estimate of drug-likeness (QED) is 0.453. The SMILES string of the molecule is O=C(c1ccc(Cc2c(Cl)cc(N3N=CCNC3=O)cc2Cl)cc1)c1ccc(Cl)cc1O. The molecule has 9 heteroatoms. The number of aromatic hydroxyl groups is 1. The van der Waals surface area contributed by atoms with Crippen molar-refractivity contribution in [2.45, 2.75) is 6.42 Å². The molecule has 0 bridgehead atoms. The monoisotopic (exact) mass is 487 g/mol. The standard InChI is InChI=1S/C23H16Cl3N3O3/c24-15-5-6-17(21(30)10-15)22(31)14-3-1-13(2-4-14)9-18-19(25)11-16(12-20(18)26)29-23(32)27-7-8-28-29/h1-6,8,10-12,30H,7,9H2,(H,27,32). The molecule has 2 amide bonds. The molecule has 0 atom stereocenters. The molecule has 0 aromatic heterocycles. The average molecular weight is 489 g/mol. The number of benzene rings is 3. The summed E-state index contributed by atoms with van der Waals surface area (Å²) in [6.07, 6.45) is 2.00. The number of urea groups is 1. The normalized spacial score (nSPS) is 13.2. The summed E-state index contributed by atoms with van der Waals surface area (Å²) in [6, 6.07) is 14.2. The zero-order chi connectivity index (χ0) is 22.8. The van der Waals surface area contributed by atoms with Gasteiger partial charge in [0.2, 0.25) is 0 Å². The first kappa shape index (κ1) is 22.1. The minimum atomic E-state index is -0.362. The number of phenols is 1. The van der Waals surface area contributed by atoms with Crippen LogP contribution in [0.4, 0.5) is 10.5 Å². The topological polar surface area (TPSA) is 82.0 Å². The number of hydrogen-bond donors (Lipinski definition) is 2. The Labute approximate surface area is 199 Å². The van der Waals surface area contributed by atoms with Crippen LogP contribution >= 0.6 is 34.8 Å². The fourth-order valence-electron chi connectivity index (χ4n) is 3.28. The first-order valence-corrected chi connectivity index (χ1v) is 10.7. The van der Waals surface area contributed by atoms with Gasteiger partial charge in [0.1, 0.15) is 5.75 Å². The molecule has 32 heavy (non-hydrogen) atoms. The first-order chi connectivity index (χ1) is 15.3. The second-order valence-corrected chi connectivity index (χ2v) is 8.30. The van der Waals surface area contributed by atoms with Gasteiger partial charge in [0, 0.05) is 33.3 Å². The van der Waals surface area contributed by atoms with Gasteiger partial charge >= 0.3 is 6.03 Å². The molecule has 3 aromatic carbocycles. The van der Waals surface area contributed by atoms with Gasteiger partial charge in [0.15, 0.2) is 5.78 Å². The van der Waals surface area contributed by atoms with Gasteiger partial charge < -0.3 is 10.4 Å². The highest BCUT2D eigenvalue weighted by Crippen LogP contribution is 2.33. The van der Waals surface area contributed by atoms with Crippen molar-refractivity contribution < 1.29 is 14.7 Å². The van der Waals surface area contributed by atoms with Crippen molar-refractivity contribution >= 4 is 58.5 Å². The van der Waals surface area contributed by atoms with Crippen LogP contribution in [-0.4, -0.2) is 29.7 Å². The van der Waals surface area contributed by atoms with Crippen LogP contribution in [0, 0.1) is 0 Å². The van der Waals surface area contributed by atoms with Crippen LogP contribution in [0.5, 0.6) is 5.75 Å². The van der Waals surface area contributed by atoms with E-state index >= 15 is 0 Å². The lowest BCUT2D eigenvalue weighted by molar-refractivity contribution is 0.103. The highest BCUT2D eigenvalue weighted by Gasteiger charge is 2.20. The molecule has 162 valence electrons. The second-order valence-electron chi connectivity index (χ2n) is 7.05. The van der Waals surface area contributed by atoms with E-state index in [1.807, 2.05) is 0 Å². The van der Waals surface area contributed by atoms with E-state index in [9.17, 15) is 14.7 Å². The summed E-state index contributed by atoms with van der Waals surface area (Å²) < 4.78 is 0. The van der Waals surface area contributed by atoms with Gasteiger partial charge in [-0.2, -0.15) is 10.1 Å². The third kappa shape index (κ3) is 4.58. The number of nitrogens with one attached hydrogen (secondary N) is 1. The predicted molar refractivity (Wildman–Crippen MR) is 127 cm³/mol. The fraction of sp³-hybridized carbons (Fsp3) is 0.0870. The van der Waals surface area contributed by atoms with E-state index < -0.39 is 0 Å². The number of nitrogens with zero attached hydrogens (tertiary/aromatic N) is 2. The molecular weight excluding hydrogens is 473 g/mol. The smallest absolute Gasteiger partial charge is 0.342 e. The molecule has 1 aliphatic rings. The number of rotatable bonds is 5. The van der Waals surface area contributed by atoms with Crippen molar-refractivity contribution in [3.63, 3.8) is 0 Å². The number of ketones is 1. The zero-order valence-corrected chi connectivity index (χ0v) is 18.7. The Kier molecular flexibility index (Phi) is 6.37. The fourth-order valence-corrected chi connectivity index (χ4v) is 4.05. The minimum absolute atomic E-state index is 0.169. The summed E-state index contributed by atoms with van der Waals surface area (Å²) in [5.74, 6) is -0.483. The number of halogens is 3. The van der Waals surface area contributed by atoms with E-state index in [2.05, 4.69) is 10.4 Å². The molecule has 1 aliphatic heterocycles. The Morgan fingerprint density at radius 1 is 1.03 bits per heavy atom. The van der Waals surface area contributed by atoms with Gasteiger partial charge in [0.05, 0.1) is 17.8 Å². The van der Waals surface area contributed by atoms with Crippen molar-refractivity contribution in [1.29, 1.82) is 0 Å². The van der Waals surface area contributed by atoms with E-state index in [0.717, 1.165) is 5.56 Å². The summed E-state index contributed by atoms with van der Waals surface area (Å²) in [5, 5.41) is 19.0. The molecule has 0 spiro atoms. The number of phenolic OH excluding ortho intramolecular Hbond substituents is 1. The number of hydrazone groups is 1. The second kappa shape index (κ2) is 9.20. The van der Waals surface area contributed by atoms with Crippen molar-refractivity contribution in [3.8, 4) is 5.75 Å². The maximum atomic E-state index is 12.7. The lowest BCUT2D eigenvalue weighted by Gasteiger charge is -2.22. The maximum Gasteiger partial charge on any atom is 0.342 e. The third-order valence-electron chi connectivity index (χ3n) is 4.91. The van der Waals surface area contributed by atoms with E-state index in [-0.39, 0.29) is 23.1 Å². The van der Waals surface area contributed by atoms with Crippen LogP contribution in [0.25, 0.3) is 0 Å². The molecule has 6 nitrogen and oxygen atoms in total. The molecule has 2 N–H and O–H groups in total. The molecular formula is C23H16Cl3N3O3. The van der Waals surface area contributed by atoms with Crippen LogP contribution in [0.2, 0.25) is 15.1 Å². The Hall–Kier alpha value is -3.06. The summed E-state index contributed by atoms with van der Waals surface area (Å²) in [6.45, 7) is 0.366. The van der Waals surface area contributed by atoms with Crippen LogP contribution in [0.3, 0.4) is 0 Å². The van der Waals surface area contributed by atoms with Crippen LogP contribution in [0.15, 0.2) is 59.7 Å². The van der Waals surface area contributed by atoms with E-state index in [1.165, 1.54) is 17.1 Å². The van der Waals surface area contributed by atoms with Crippen molar-refractivity contribution in [2.24, 2.45) is 5.10 Å². The van der Waals surface area contributed by atoms with Crippen molar-refractivity contribution in [3.05, 3.63) is 91.9 Å². The number of anilines is 1. The Balaban J connectivity index is 1.54. The minimum Gasteiger partial charge on any atom is -0.507 e. The zero-order valence-electron chi connectivity index (χ0n) is 16.5. The van der Waals surface area contributed by atoms with E-state index in [1.54, 1.807) is 48.7 Å².